The van der Waals surface area contributed by atoms with Crippen molar-refractivity contribution in [3.8, 4) is 5.75 Å². The summed E-state index contributed by atoms with van der Waals surface area (Å²) in [6.45, 7) is 0.324. The lowest BCUT2D eigenvalue weighted by Crippen LogP contribution is -2.36. The fraction of sp³-hybridized carbons (Fsp3) is 0.316. The maximum absolute atomic E-state index is 13.0. The number of carbonyl (C=O) groups is 1. The Kier molecular flexibility index (Phi) is 4.79. The van der Waals surface area contributed by atoms with Gasteiger partial charge in [0.05, 0.1) is 13.2 Å². The maximum atomic E-state index is 13.0. The molecule has 1 aliphatic heterocycles. The van der Waals surface area contributed by atoms with Crippen LogP contribution in [0.3, 0.4) is 0 Å². The third-order valence-corrected chi connectivity index (χ3v) is 4.53. The van der Waals surface area contributed by atoms with Gasteiger partial charge in [-0.05, 0) is 29.7 Å². The highest BCUT2D eigenvalue weighted by Crippen LogP contribution is 2.44. The van der Waals surface area contributed by atoms with Crippen LogP contribution in [0, 0.1) is 0 Å². The van der Waals surface area contributed by atoms with E-state index in [1.54, 1.807) is 13.2 Å². The summed E-state index contributed by atoms with van der Waals surface area (Å²) in [5, 5.41) is 0. The summed E-state index contributed by atoms with van der Waals surface area (Å²) in [4.78, 5) is 13.3. The first-order chi connectivity index (χ1) is 11.6. The SMILES string of the molecule is COc1cccc(C2C(c3ccccc3)CCN2C(=O)C(F)F)c1. The molecule has 0 aromatic heterocycles. The summed E-state index contributed by atoms with van der Waals surface area (Å²) in [6, 6.07) is 16.6. The van der Waals surface area contributed by atoms with Gasteiger partial charge in [-0.15, -0.1) is 0 Å². The monoisotopic (exact) mass is 331 g/mol. The Morgan fingerprint density at radius 2 is 1.83 bits per heavy atom. The zero-order chi connectivity index (χ0) is 17.1. The highest BCUT2D eigenvalue weighted by atomic mass is 19.3. The number of halogens is 2. The van der Waals surface area contributed by atoms with Gasteiger partial charge in [-0.2, -0.15) is 8.78 Å². The minimum Gasteiger partial charge on any atom is -0.497 e. The number of nitrogens with zero attached hydrogens (tertiary/aromatic N) is 1. The number of carbonyl (C=O) groups excluding carboxylic acids is 1. The third-order valence-electron chi connectivity index (χ3n) is 4.53. The Labute approximate surface area is 139 Å². The van der Waals surface area contributed by atoms with Gasteiger partial charge in [0.25, 0.3) is 5.91 Å². The van der Waals surface area contributed by atoms with E-state index in [0.717, 1.165) is 11.1 Å². The topological polar surface area (TPSA) is 29.5 Å². The van der Waals surface area contributed by atoms with Gasteiger partial charge in [-0.3, -0.25) is 4.79 Å². The molecule has 3 nitrogen and oxygen atoms in total. The number of benzene rings is 2. The van der Waals surface area contributed by atoms with E-state index < -0.39 is 18.4 Å². The van der Waals surface area contributed by atoms with E-state index in [1.807, 2.05) is 48.5 Å². The van der Waals surface area contributed by atoms with Crippen molar-refractivity contribution in [3.05, 3.63) is 65.7 Å². The van der Waals surface area contributed by atoms with Crippen molar-refractivity contribution in [1.82, 2.24) is 4.90 Å². The molecule has 0 bridgehead atoms. The van der Waals surface area contributed by atoms with Crippen molar-refractivity contribution in [2.75, 3.05) is 13.7 Å². The predicted molar refractivity (Wildman–Crippen MR) is 87.3 cm³/mol. The van der Waals surface area contributed by atoms with Crippen LogP contribution in [0.1, 0.15) is 29.5 Å². The number of amides is 1. The molecule has 1 amide bonds. The van der Waals surface area contributed by atoms with Crippen LogP contribution in [-0.4, -0.2) is 30.9 Å². The molecule has 0 radical (unpaired) electrons. The van der Waals surface area contributed by atoms with Gasteiger partial charge in [-0.1, -0.05) is 42.5 Å². The number of hydrogen-bond acceptors (Lipinski definition) is 2. The van der Waals surface area contributed by atoms with Crippen LogP contribution in [0.15, 0.2) is 54.6 Å². The van der Waals surface area contributed by atoms with Crippen molar-refractivity contribution in [1.29, 1.82) is 0 Å². The van der Waals surface area contributed by atoms with E-state index in [-0.39, 0.29) is 5.92 Å². The third kappa shape index (κ3) is 3.11. The van der Waals surface area contributed by atoms with E-state index in [4.69, 9.17) is 4.74 Å². The smallest absolute Gasteiger partial charge is 0.315 e. The van der Waals surface area contributed by atoms with Gasteiger partial charge >= 0.3 is 6.43 Å². The van der Waals surface area contributed by atoms with Crippen LogP contribution < -0.4 is 4.74 Å². The number of ether oxygens (including phenoxy) is 1. The molecule has 0 N–H and O–H groups in total. The van der Waals surface area contributed by atoms with E-state index in [0.29, 0.717) is 18.7 Å². The molecule has 1 saturated heterocycles. The highest BCUT2D eigenvalue weighted by Gasteiger charge is 2.41. The van der Waals surface area contributed by atoms with Crippen LogP contribution in [0.4, 0.5) is 8.78 Å². The fourth-order valence-electron chi connectivity index (χ4n) is 3.45. The van der Waals surface area contributed by atoms with Gasteiger partial charge in [0.2, 0.25) is 0 Å². The second-order valence-electron chi connectivity index (χ2n) is 5.86. The zero-order valence-electron chi connectivity index (χ0n) is 13.4. The van der Waals surface area contributed by atoms with Gasteiger partial charge in [0, 0.05) is 12.5 Å². The minimum absolute atomic E-state index is 0.0130. The minimum atomic E-state index is -2.99. The number of hydrogen-bond donors (Lipinski definition) is 0. The molecule has 0 saturated carbocycles. The predicted octanol–water partition coefficient (Wildman–Crippen LogP) is 4.02. The molecule has 2 unspecified atom stereocenters. The summed E-state index contributed by atoms with van der Waals surface area (Å²) in [7, 11) is 1.56. The molecule has 5 heteroatoms. The Balaban J connectivity index is 2.02. The fourth-order valence-corrected chi connectivity index (χ4v) is 3.45. The van der Waals surface area contributed by atoms with Crippen molar-refractivity contribution in [2.24, 2.45) is 0 Å². The molecular formula is C19H19F2NO2. The van der Waals surface area contributed by atoms with Crippen LogP contribution >= 0.6 is 0 Å². The summed E-state index contributed by atoms with van der Waals surface area (Å²) in [5.41, 5.74) is 1.87. The van der Waals surface area contributed by atoms with Crippen molar-refractivity contribution >= 4 is 5.91 Å². The molecule has 2 aromatic carbocycles. The standard InChI is InChI=1S/C19H19F2NO2/c1-24-15-9-5-8-14(12-15)17-16(13-6-3-2-4-7-13)10-11-22(17)19(23)18(20)21/h2-9,12,16-18H,10-11H2,1H3. The molecule has 2 atom stereocenters. The number of alkyl halides is 2. The van der Waals surface area contributed by atoms with Crippen LogP contribution in [-0.2, 0) is 4.79 Å². The Morgan fingerprint density at radius 1 is 1.12 bits per heavy atom. The summed E-state index contributed by atoms with van der Waals surface area (Å²) >= 11 is 0. The second kappa shape index (κ2) is 6.99. The summed E-state index contributed by atoms with van der Waals surface area (Å²) in [5.74, 6) is -0.474. The van der Waals surface area contributed by atoms with Gasteiger partial charge < -0.3 is 9.64 Å². The summed E-state index contributed by atoms with van der Waals surface area (Å²) in [6.07, 6.45) is -2.34. The van der Waals surface area contributed by atoms with Crippen LogP contribution in [0.5, 0.6) is 5.75 Å². The second-order valence-corrected chi connectivity index (χ2v) is 5.86. The van der Waals surface area contributed by atoms with Gasteiger partial charge in [0.15, 0.2) is 0 Å². The lowest BCUT2D eigenvalue weighted by atomic mass is 9.87. The van der Waals surface area contributed by atoms with Crippen molar-refractivity contribution < 1.29 is 18.3 Å². The normalized spacial score (nSPS) is 20.4. The van der Waals surface area contributed by atoms with Crippen LogP contribution in [0.2, 0.25) is 0 Å². The molecule has 0 aliphatic carbocycles. The van der Waals surface area contributed by atoms with E-state index in [1.165, 1.54) is 4.90 Å². The molecule has 1 aliphatic rings. The average Bonchev–Trinajstić information content (AvgIpc) is 3.06. The molecule has 3 rings (SSSR count). The molecule has 2 aromatic rings. The number of likely N-dealkylation sites (tertiary alicyclic amines) is 1. The maximum Gasteiger partial charge on any atom is 0.315 e. The van der Waals surface area contributed by atoms with Gasteiger partial charge in [-0.25, -0.2) is 0 Å². The molecule has 0 spiro atoms. The average molecular weight is 331 g/mol. The highest BCUT2D eigenvalue weighted by molar-refractivity contribution is 5.80. The van der Waals surface area contributed by atoms with Crippen LogP contribution in [0.25, 0.3) is 0 Å². The van der Waals surface area contributed by atoms with E-state index in [9.17, 15) is 13.6 Å². The molecule has 1 fully saturated rings. The van der Waals surface area contributed by atoms with Crippen molar-refractivity contribution in [3.63, 3.8) is 0 Å². The number of methoxy groups -OCH3 is 1. The Morgan fingerprint density at radius 3 is 2.50 bits per heavy atom. The quantitative estimate of drug-likeness (QED) is 0.847. The Hall–Kier alpha value is -2.43. The first kappa shape index (κ1) is 16.4. The van der Waals surface area contributed by atoms with Crippen molar-refractivity contribution in [2.45, 2.75) is 24.8 Å². The first-order valence-corrected chi connectivity index (χ1v) is 7.89. The zero-order valence-corrected chi connectivity index (χ0v) is 13.4. The van der Waals surface area contributed by atoms with Gasteiger partial charge in [0.1, 0.15) is 5.75 Å². The molecule has 126 valence electrons. The summed E-state index contributed by atoms with van der Waals surface area (Å²) < 4.78 is 31.3. The molecular weight excluding hydrogens is 312 g/mol. The largest absolute Gasteiger partial charge is 0.497 e. The Bertz CT molecular complexity index is 706. The lowest BCUT2D eigenvalue weighted by Gasteiger charge is -2.29. The lowest BCUT2D eigenvalue weighted by molar-refractivity contribution is -0.144. The molecule has 24 heavy (non-hydrogen) atoms. The molecule has 1 heterocycles. The van der Waals surface area contributed by atoms with E-state index >= 15 is 0 Å². The first-order valence-electron chi connectivity index (χ1n) is 7.89. The number of rotatable bonds is 4. The van der Waals surface area contributed by atoms with E-state index in [2.05, 4.69) is 0 Å².